The third-order valence-corrected chi connectivity index (χ3v) is 4.01. The number of hydrogen-bond acceptors (Lipinski definition) is 4. The van der Waals surface area contributed by atoms with Crippen molar-refractivity contribution >= 4 is 25.7 Å². The van der Waals surface area contributed by atoms with Crippen LogP contribution in [0.2, 0.25) is 12.6 Å². The molecule has 2 aromatic rings. The SMILES string of the molecule is COc1ncc(C2C[B][B]C2)cc1-c1nccs1. The molecule has 0 spiro atoms. The van der Waals surface area contributed by atoms with Crippen LogP contribution < -0.4 is 4.74 Å². The first-order valence-corrected chi connectivity index (χ1v) is 6.85. The van der Waals surface area contributed by atoms with Crippen molar-refractivity contribution < 1.29 is 4.74 Å². The Labute approximate surface area is 112 Å². The fourth-order valence-corrected chi connectivity index (χ4v) is 2.90. The molecular formula is C12H12B2N2OS. The van der Waals surface area contributed by atoms with Crippen LogP contribution >= 0.6 is 11.3 Å². The number of hydrogen-bond donors (Lipinski definition) is 0. The lowest BCUT2D eigenvalue weighted by Gasteiger charge is -2.12. The summed E-state index contributed by atoms with van der Waals surface area (Å²) in [6, 6.07) is 2.17. The molecule has 3 rings (SSSR count). The molecule has 0 unspecified atom stereocenters. The minimum absolute atomic E-state index is 0.558. The highest BCUT2D eigenvalue weighted by Crippen LogP contribution is 2.35. The molecule has 3 heterocycles. The summed E-state index contributed by atoms with van der Waals surface area (Å²) < 4.78 is 5.33. The quantitative estimate of drug-likeness (QED) is 0.789. The zero-order valence-electron chi connectivity index (χ0n) is 10.2. The molecule has 0 aliphatic carbocycles. The van der Waals surface area contributed by atoms with Crippen molar-refractivity contribution in [3.05, 3.63) is 29.4 Å². The van der Waals surface area contributed by atoms with E-state index in [2.05, 4.69) is 30.4 Å². The zero-order chi connectivity index (χ0) is 12.4. The molecule has 1 aliphatic heterocycles. The van der Waals surface area contributed by atoms with Crippen LogP contribution in [0.4, 0.5) is 0 Å². The number of thiazole rings is 1. The van der Waals surface area contributed by atoms with Crippen molar-refractivity contribution in [3.63, 3.8) is 0 Å². The Morgan fingerprint density at radius 1 is 1.33 bits per heavy atom. The van der Waals surface area contributed by atoms with Crippen LogP contribution in [0.1, 0.15) is 11.5 Å². The fourth-order valence-electron chi connectivity index (χ4n) is 2.25. The average Bonchev–Trinajstić information content (AvgIpc) is 3.11. The molecule has 0 amide bonds. The normalized spacial score (nSPS) is 15.2. The van der Waals surface area contributed by atoms with Gasteiger partial charge in [-0.05, 0) is 17.5 Å². The van der Waals surface area contributed by atoms with Crippen LogP contribution in [0, 0.1) is 0 Å². The van der Waals surface area contributed by atoms with E-state index < -0.39 is 0 Å². The summed E-state index contributed by atoms with van der Waals surface area (Å²) in [5.74, 6) is 1.21. The molecule has 18 heavy (non-hydrogen) atoms. The van der Waals surface area contributed by atoms with E-state index in [1.165, 1.54) is 5.56 Å². The number of methoxy groups -OCH3 is 1. The lowest BCUT2D eigenvalue weighted by molar-refractivity contribution is 0.399. The number of nitrogens with zero attached hydrogens (tertiary/aromatic N) is 2. The van der Waals surface area contributed by atoms with Crippen molar-refractivity contribution in [1.82, 2.24) is 9.97 Å². The Morgan fingerprint density at radius 3 is 2.83 bits per heavy atom. The van der Waals surface area contributed by atoms with E-state index in [0.717, 1.165) is 23.2 Å². The van der Waals surface area contributed by atoms with Gasteiger partial charge >= 0.3 is 0 Å². The van der Waals surface area contributed by atoms with Crippen molar-refractivity contribution in [3.8, 4) is 16.5 Å². The molecule has 0 atom stereocenters. The highest BCUT2D eigenvalue weighted by atomic mass is 32.1. The Balaban J connectivity index is 2.01. The second kappa shape index (κ2) is 5.14. The molecule has 1 fully saturated rings. The molecule has 1 saturated heterocycles. The van der Waals surface area contributed by atoms with E-state index >= 15 is 0 Å². The molecule has 3 nitrogen and oxygen atoms in total. The molecular weight excluding hydrogens is 242 g/mol. The van der Waals surface area contributed by atoms with Gasteiger partial charge in [-0.15, -0.1) is 11.3 Å². The standard InChI is InChI=1S/C12H12B2N2OS/c1-17-11-10(12-15-2-3-18-12)4-8(7-16-11)9-5-13-14-6-9/h2-4,7,9H,5-6H2,1H3. The molecule has 0 bridgehead atoms. The van der Waals surface area contributed by atoms with Crippen molar-refractivity contribution in [2.75, 3.05) is 7.11 Å². The Hall–Kier alpha value is -1.29. The summed E-state index contributed by atoms with van der Waals surface area (Å²) in [4.78, 5) is 8.76. The number of pyridine rings is 1. The van der Waals surface area contributed by atoms with Crippen LogP contribution in [0.15, 0.2) is 23.8 Å². The van der Waals surface area contributed by atoms with Gasteiger partial charge in [0, 0.05) is 17.8 Å². The maximum absolute atomic E-state index is 5.33. The van der Waals surface area contributed by atoms with Gasteiger partial charge in [0.1, 0.15) is 5.01 Å². The molecule has 0 saturated carbocycles. The van der Waals surface area contributed by atoms with Gasteiger partial charge in [0.05, 0.1) is 27.0 Å². The Kier molecular flexibility index (Phi) is 3.37. The summed E-state index contributed by atoms with van der Waals surface area (Å²) in [5, 5.41) is 2.94. The van der Waals surface area contributed by atoms with Gasteiger partial charge in [0.25, 0.3) is 0 Å². The number of rotatable bonds is 3. The lowest BCUT2D eigenvalue weighted by atomic mass is 9.43. The van der Waals surface area contributed by atoms with Gasteiger partial charge in [0.2, 0.25) is 5.88 Å². The molecule has 6 heteroatoms. The zero-order valence-corrected chi connectivity index (χ0v) is 11.0. The van der Waals surface area contributed by atoms with E-state index in [9.17, 15) is 0 Å². The van der Waals surface area contributed by atoms with Gasteiger partial charge in [-0.1, -0.05) is 12.6 Å². The highest BCUT2D eigenvalue weighted by molar-refractivity contribution is 7.13. The van der Waals surface area contributed by atoms with Crippen LogP contribution in [-0.2, 0) is 0 Å². The Morgan fingerprint density at radius 2 is 2.17 bits per heavy atom. The molecule has 1 aliphatic rings. The van der Waals surface area contributed by atoms with E-state index in [-0.39, 0.29) is 0 Å². The van der Waals surface area contributed by atoms with E-state index in [0.29, 0.717) is 11.8 Å². The van der Waals surface area contributed by atoms with Crippen LogP contribution in [0.5, 0.6) is 5.88 Å². The topological polar surface area (TPSA) is 35.0 Å². The minimum Gasteiger partial charge on any atom is -0.480 e. The van der Waals surface area contributed by atoms with Gasteiger partial charge in [-0.3, -0.25) is 0 Å². The first-order chi connectivity index (χ1) is 8.88. The maximum Gasteiger partial charge on any atom is 0.223 e. The van der Waals surface area contributed by atoms with Crippen molar-refractivity contribution in [1.29, 1.82) is 0 Å². The first kappa shape index (κ1) is 11.8. The van der Waals surface area contributed by atoms with Gasteiger partial charge < -0.3 is 4.74 Å². The summed E-state index contributed by atoms with van der Waals surface area (Å²) >= 11 is 1.61. The van der Waals surface area contributed by atoms with Crippen molar-refractivity contribution in [2.24, 2.45) is 0 Å². The van der Waals surface area contributed by atoms with E-state index in [4.69, 9.17) is 4.74 Å². The summed E-state index contributed by atoms with van der Waals surface area (Å²) in [5.41, 5.74) is 2.27. The summed E-state index contributed by atoms with van der Waals surface area (Å²) in [7, 11) is 6.12. The minimum atomic E-state index is 0.558. The van der Waals surface area contributed by atoms with Gasteiger partial charge in [-0.2, -0.15) is 0 Å². The van der Waals surface area contributed by atoms with Crippen LogP contribution in [0.3, 0.4) is 0 Å². The fraction of sp³-hybridized carbons (Fsp3) is 0.333. The van der Waals surface area contributed by atoms with E-state index in [1.54, 1.807) is 18.4 Å². The van der Waals surface area contributed by atoms with Crippen molar-refractivity contribution in [2.45, 2.75) is 18.6 Å². The van der Waals surface area contributed by atoms with E-state index in [1.807, 2.05) is 17.8 Å². The monoisotopic (exact) mass is 254 g/mol. The second-order valence-electron chi connectivity index (χ2n) is 4.30. The smallest absolute Gasteiger partial charge is 0.223 e. The van der Waals surface area contributed by atoms with Gasteiger partial charge in [-0.25, -0.2) is 9.97 Å². The summed E-state index contributed by atoms with van der Waals surface area (Å²) in [6.45, 7) is 0. The van der Waals surface area contributed by atoms with Gasteiger partial charge in [0.15, 0.2) is 0 Å². The lowest BCUT2D eigenvalue weighted by Crippen LogP contribution is -1.97. The predicted molar refractivity (Wildman–Crippen MR) is 75.8 cm³/mol. The largest absolute Gasteiger partial charge is 0.480 e. The maximum atomic E-state index is 5.33. The molecule has 0 N–H and O–H groups in total. The third kappa shape index (κ3) is 2.17. The summed E-state index contributed by atoms with van der Waals surface area (Å²) in [6.07, 6.45) is 5.94. The average molecular weight is 254 g/mol. The van der Waals surface area contributed by atoms with Crippen LogP contribution in [-0.4, -0.2) is 31.4 Å². The Bertz CT molecular complexity index is 527. The second-order valence-corrected chi connectivity index (χ2v) is 5.20. The highest BCUT2D eigenvalue weighted by Gasteiger charge is 2.20. The number of aromatic nitrogens is 2. The predicted octanol–water partition coefficient (Wildman–Crippen LogP) is 2.47. The van der Waals surface area contributed by atoms with Crippen LogP contribution in [0.25, 0.3) is 10.6 Å². The molecule has 2 radical (unpaired) electrons. The molecule has 88 valence electrons. The number of ether oxygens (including phenoxy) is 1. The third-order valence-electron chi connectivity index (χ3n) is 3.21. The molecule has 0 aromatic carbocycles. The first-order valence-electron chi connectivity index (χ1n) is 5.97. The molecule has 2 aromatic heterocycles.